The predicted octanol–water partition coefficient (Wildman–Crippen LogP) is 0.654. The summed E-state index contributed by atoms with van der Waals surface area (Å²) in [6.07, 6.45) is 5.87. The Morgan fingerprint density at radius 2 is 2.42 bits per heavy atom. The van der Waals surface area contributed by atoms with Crippen molar-refractivity contribution in [3.63, 3.8) is 0 Å². The number of allylic oxidation sites excluding steroid dienone is 2. The molecule has 0 bridgehead atoms. The van der Waals surface area contributed by atoms with Crippen LogP contribution in [0.4, 0.5) is 0 Å². The zero-order chi connectivity index (χ0) is 9.14. The second-order valence-electron chi connectivity index (χ2n) is 2.53. The van der Waals surface area contributed by atoms with Gasteiger partial charge in [0.25, 0.3) is 0 Å². The van der Waals surface area contributed by atoms with Crippen LogP contribution in [0.15, 0.2) is 23.8 Å². The third-order valence-electron chi connectivity index (χ3n) is 1.58. The zero-order valence-corrected chi connectivity index (χ0v) is 7.17. The number of aliphatic carboxylic acids is 1. The molecule has 12 heavy (non-hydrogen) atoms. The van der Waals surface area contributed by atoms with Crippen LogP contribution in [0.3, 0.4) is 0 Å². The second-order valence-corrected chi connectivity index (χ2v) is 3.06. The molecule has 3 N–H and O–H groups in total. The van der Waals surface area contributed by atoms with Crippen LogP contribution in [0.2, 0.25) is 0 Å². The molecule has 0 spiro atoms. The maximum atomic E-state index is 10.5. The van der Waals surface area contributed by atoms with E-state index in [0.29, 0.717) is 12.0 Å². The van der Waals surface area contributed by atoms with Gasteiger partial charge in [-0.3, -0.25) is 4.79 Å². The summed E-state index contributed by atoms with van der Waals surface area (Å²) in [4.78, 5) is 11.2. The van der Waals surface area contributed by atoms with Crippen molar-refractivity contribution >= 4 is 23.1 Å². The molecule has 1 aliphatic rings. The van der Waals surface area contributed by atoms with Gasteiger partial charge in [-0.05, 0) is 11.6 Å². The lowest BCUT2D eigenvalue weighted by molar-refractivity contribution is -0.137. The molecule has 64 valence electrons. The topological polar surface area (TPSA) is 63.3 Å². The third-order valence-corrected chi connectivity index (χ3v) is 1.87. The highest BCUT2D eigenvalue weighted by Crippen LogP contribution is 2.11. The maximum Gasteiger partial charge on any atom is 0.325 e. The molecule has 0 heterocycles. The fourth-order valence-corrected chi connectivity index (χ4v) is 1.17. The second kappa shape index (κ2) is 3.60. The standard InChI is InChI=1S/C8H9NO2S/c9-7(8(10)11)5-2-1-3-6(12)4-5/h1-2,4,7H,3,9H2,(H,10,11). The van der Waals surface area contributed by atoms with Crippen molar-refractivity contribution in [3.8, 4) is 0 Å². The average Bonchev–Trinajstić information content (AvgIpc) is 2.03. The first-order chi connectivity index (χ1) is 5.61. The van der Waals surface area contributed by atoms with Gasteiger partial charge in [-0.15, -0.1) is 0 Å². The molecule has 0 aromatic rings. The Balaban J connectivity index is 2.81. The highest BCUT2D eigenvalue weighted by Gasteiger charge is 2.16. The van der Waals surface area contributed by atoms with Gasteiger partial charge in [-0.2, -0.15) is 0 Å². The normalized spacial score (nSPS) is 18.8. The number of nitrogens with two attached hydrogens (primary N) is 1. The molecule has 0 aromatic carbocycles. The number of carboxylic acid groups (broad SMARTS) is 1. The number of carbonyl (C=O) groups is 1. The Bertz CT molecular complexity index is 281. The summed E-state index contributed by atoms with van der Waals surface area (Å²) < 4.78 is 0. The van der Waals surface area contributed by atoms with Crippen LogP contribution in [0.25, 0.3) is 0 Å². The molecular formula is C8H9NO2S. The van der Waals surface area contributed by atoms with E-state index in [1.807, 2.05) is 6.08 Å². The lowest BCUT2D eigenvalue weighted by Crippen LogP contribution is -2.32. The van der Waals surface area contributed by atoms with Crippen LogP contribution in [-0.4, -0.2) is 22.0 Å². The maximum absolute atomic E-state index is 10.5. The van der Waals surface area contributed by atoms with Crippen molar-refractivity contribution in [2.24, 2.45) is 5.73 Å². The fraction of sp³-hybridized carbons (Fsp3) is 0.250. The van der Waals surface area contributed by atoms with Gasteiger partial charge in [0.15, 0.2) is 0 Å². The quantitative estimate of drug-likeness (QED) is 0.617. The highest BCUT2D eigenvalue weighted by atomic mass is 32.1. The van der Waals surface area contributed by atoms with Crippen molar-refractivity contribution in [2.45, 2.75) is 12.5 Å². The summed E-state index contributed by atoms with van der Waals surface area (Å²) in [5, 5.41) is 8.58. The summed E-state index contributed by atoms with van der Waals surface area (Å²) in [7, 11) is 0. The molecule has 1 aliphatic carbocycles. The molecule has 0 fully saturated rings. The van der Waals surface area contributed by atoms with E-state index in [1.54, 1.807) is 12.2 Å². The van der Waals surface area contributed by atoms with Crippen molar-refractivity contribution in [3.05, 3.63) is 23.8 Å². The molecule has 3 nitrogen and oxygen atoms in total. The number of thiocarbonyl (C=S) groups is 1. The Morgan fingerprint density at radius 3 is 2.92 bits per heavy atom. The van der Waals surface area contributed by atoms with Crippen molar-refractivity contribution in [2.75, 3.05) is 0 Å². The molecule has 0 amide bonds. The van der Waals surface area contributed by atoms with Gasteiger partial charge in [0.1, 0.15) is 6.04 Å². The van der Waals surface area contributed by atoms with Crippen molar-refractivity contribution < 1.29 is 9.90 Å². The summed E-state index contributed by atoms with van der Waals surface area (Å²) in [5.74, 6) is -1.03. The lowest BCUT2D eigenvalue weighted by Gasteiger charge is -2.10. The Kier molecular flexibility index (Phi) is 2.73. The number of hydrogen-bond acceptors (Lipinski definition) is 3. The van der Waals surface area contributed by atoms with Crippen LogP contribution >= 0.6 is 12.2 Å². The molecule has 0 aliphatic heterocycles. The van der Waals surface area contributed by atoms with Crippen molar-refractivity contribution in [1.82, 2.24) is 0 Å². The van der Waals surface area contributed by atoms with Gasteiger partial charge in [0, 0.05) is 11.3 Å². The molecule has 0 radical (unpaired) electrons. The van der Waals surface area contributed by atoms with Crippen molar-refractivity contribution in [1.29, 1.82) is 0 Å². The Hall–Kier alpha value is -1.00. The fourth-order valence-electron chi connectivity index (χ4n) is 0.940. The van der Waals surface area contributed by atoms with Crippen LogP contribution in [0.1, 0.15) is 6.42 Å². The molecule has 0 aromatic heterocycles. The van der Waals surface area contributed by atoms with Gasteiger partial charge >= 0.3 is 5.97 Å². The molecule has 4 heteroatoms. The van der Waals surface area contributed by atoms with E-state index in [2.05, 4.69) is 0 Å². The highest BCUT2D eigenvalue weighted by molar-refractivity contribution is 7.80. The third kappa shape index (κ3) is 1.99. The number of carboxylic acids is 1. The smallest absolute Gasteiger partial charge is 0.325 e. The first kappa shape index (κ1) is 9.09. The van der Waals surface area contributed by atoms with Crippen LogP contribution in [0.5, 0.6) is 0 Å². The van der Waals surface area contributed by atoms with Crippen LogP contribution in [-0.2, 0) is 4.79 Å². The number of rotatable bonds is 2. The first-order valence-corrected chi connectivity index (χ1v) is 3.91. The summed E-state index contributed by atoms with van der Waals surface area (Å²) >= 11 is 4.91. The average molecular weight is 183 g/mol. The van der Waals surface area contributed by atoms with Crippen LogP contribution in [0, 0.1) is 0 Å². The van der Waals surface area contributed by atoms with Gasteiger partial charge in [0.2, 0.25) is 0 Å². The SMILES string of the molecule is NC(C(=O)O)C1=CC(=S)CC=C1. The molecule has 1 rings (SSSR count). The Labute approximate surface area is 75.6 Å². The minimum atomic E-state index is -1.03. The summed E-state index contributed by atoms with van der Waals surface area (Å²) in [6, 6.07) is -0.959. The molecular weight excluding hydrogens is 174 g/mol. The van der Waals surface area contributed by atoms with Gasteiger partial charge < -0.3 is 10.8 Å². The molecule has 0 saturated heterocycles. The monoisotopic (exact) mass is 183 g/mol. The summed E-state index contributed by atoms with van der Waals surface area (Å²) in [5.41, 5.74) is 5.94. The Morgan fingerprint density at radius 1 is 1.75 bits per heavy atom. The zero-order valence-electron chi connectivity index (χ0n) is 6.36. The van der Waals surface area contributed by atoms with Gasteiger partial charge in [-0.1, -0.05) is 24.4 Å². The van der Waals surface area contributed by atoms with E-state index < -0.39 is 12.0 Å². The van der Waals surface area contributed by atoms with E-state index in [0.717, 1.165) is 4.86 Å². The molecule has 0 saturated carbocycles. The lowest BCUT2D eigenvalue weighted by atomic mass is 10.0. The van der Waals surface area contributed by atoms with E-state index in [-0.39, 0.29) is 0 Å². The van der Waals surface area contributed by atoms with Gasteiger partial charge in [-0.25, -0.2) is 0 Å². The predicted molar refractivity (Wildman–Crippen MR) is 50.0 cm³/mol. The van der Waals surface area contributed by atoms with Crippen LogP contribution < -0.4 is 5.73 Å². The van der Waals surface area contributed by atoms with E-state index in [9.17, 15) is 4.79 Å². The molecule has 1 unspecified atom stereocenters. The number of hydrogen-bond donors (Lipinski definition) is 2. The minimum absolute atomic E-state index is 0.568. The minimum Gasteiger partial charge on any atom is -0.480 e. The molecule has 1 atom stereocenters. The van der Waals surface area contributed by atoms with Gasteiger partial charge in [0.05, 0.1) is 0 Å². The largest absolute Gasteiger partial charge is 0.480 e. The summed E-state index contributed by atoms with van der Waals surface area (Å²) in [6.45, 7) is 0. The van der Waals surface area contributed by atoms with E-state index >= 15 is 0 Å². The van der Waals surface area contributed by atoms with E-state index in [1.165, 1.54) is 0 Å². The van der Waals surface area contributed by atoms with E-state index in [4.69, 9.17) is 23.1 Å². The first-order valence-electron chi connectivity index (χ1n) is 3.50.